The number of hydrogen-bond acceptors (Lipinski definition) is 3. The van der Waals surface area contributed by atoms with E-state index in [-0.39, 0.29) is 6.10 Å². The van der Waals surface area contributed by atoms with Gasteiger partial charge in [0, 0.05) is 25.7 Å². The van der Waals surface area contributed by atoms with Crippen LogP contribution in [0.15, 0.2) is 30.3 Å². The smallest absolute Gasteiger partial charge is 0.0679 e. The lowest BCUT2D eigenvalue weighted by Crippen LogP contribution is -2.32. The number of nitrogens with one attached hydrogen (secondary N) is 1. The third-order valence-corrected chi connectivity index (χ3v) is 3.24. The summed E-state index contributed by atoms with van der Waals surface area (Å²) in [5.74, 6) is 0. The number of benzene rings is 1. The maximum Gasteiger partial charge on any atom is 0.0679 e. The molecule has 1 unspecified atom stereocenters. The van der Waals surface area contributed by atoms with Gasteiger partial charge in [0.15, 0.2) is 0 Å². The molecule has 1 aromatic rings. The standard InChI is InChI=1S/C13H20N2O/c1-14-13(11-5-3-2-4-6-11)10-15-8-7-12(16)9-15/h2-6,12-14,16H,7-10H2,1H3/t12-,13?/m1/s1. The van der Waals surface area contributed by atoms with E-state index < -0.39 is 0 Å². The number of aliphatic hydroxyl groups is 1. The van der Waals surface area contributed by atoms with Crippen molar-refractivity contribution in [2.75, 3.05) is 26.7 Å². The molecule has 3 heteroatoms. The summed E-state index contributed by atoms with van der Waals surface area (Å²) in [7, 11) is 1.99. The second kappa shape index (κ2) is 5.43. The van der Waals surface area contributed by atoms with Crippen molar-refractivity contribution in [2.45, 2.75) is 18.6 Å². The second-order valence-corrected chi connectivity index (χ2v) is 4.45. The van der Waals surface area contributed by atoms with Crippen LogP contribution in [0, 0.1) is 0 Å². The maximum absolute atomic E-state index is 9.49. The summed E-state index contributed by atoms with van der Waals surface area (Å²) in [5.41, 5.74) is 1.31. The van der Waals surface area contributed by atoms with E-state index in [2.05, 4.69) is 34.5 Å². The van der Waals surface area contributed by atoms with Crippen LogP contribution in [0.5, 0.6) is 0 Å². The first-order chi connectivity index (χ1) is 7.79. The summed E-state index contributed by atoms with van der Waals surface area (Å²) >= 11 is 0. The molecule has 1 saturated heterocycles. The van der Waals surface area contributed by atoms with Gasteiger partial charge < -0.3 is 10.4 Å². The molecule has 0 saturated carbocycles. The van der Waals surface area contributed by atoms with Crippen LogP contribution in [0.2, 0.25) is 0 Å². The lowest BCUT2D eigenvalue weighted by atomic mass is 10.1. The van der Waals surface area contributed by atoms with Crippen molar-refractivity contribution in [3.05, 3.63) is 35.9 Å². The summed E-state index contributed by atoms with van der Waals surface area (Å²) in [6.07, 6.45) is 0.777. The Morgan fingerprint density at radius 1 is 1.44 bits per heavy atom. The number of hydrogen-bond donors (Lipinski definition) is 2. The Morgan fingerprint density at radius 2 is 2.19 bits per heavy atom. The van der Waals surface area contributed by atoms with Crippen LogP contribution in [0.1, 0.15) is 18.0 Å². The van der Waals surface area contributed by atoms with Gasteiger partial charge in [-0.25, -0.2) is 0 Å². The highest BCUT2D eigenvalue weighted by atomic mass is 16.3. The molecular formula is C13H20N2O. The van der Waals surface area contributed by atoms with Crippen LogP contribution < -0.4 is 5.32 Å². The number of β-amino-alcohol motifs (C(OH)–C–C–N with tert-alkyl or cyclic N) is 1. The molecule has 1 fully saturated rings. The van der Waals surface area contributed by atoms with E-state index in [1.165, 1.54) is 5.56 Å². The molecule has 2 N–H and O–H groups in total. The van der Waals surface area contributed by atoms with Crippen molar-refractivity contribution in [3.63, 3.8) is 0 Å². The van der Waals surface area contributed by atoms with Gasteiger partial charge >= 0.3 is 0 Å². The fourth-order valence-corrected chi connectivity index (χ4v) is 2.28. The third-order valence-electron chi connectivity index (χ3n) is 3.24. The molecule has 3 nitrogen and oxygen atoms in total. The predicted molar refractivity (Wildman–Crippen MR) is 65.3 cm³/mol. The Hall–Kier alpha value is -0.900. The highest BCUT2D eigenvalue weighted by Crippen LogP contribution is 2.17. The minimum Gasteiger partial charge on any atom is -0.392 e. The molecule has 1 aliphatic rings. The van der Waals surface area contributed by atoms with Gasteiger partial charge in [-0.05, 0) is 19.0 Å². The first kappa shape index (κ1) is 11.6. The normalized spacial score (nSPS) is 23.5. The number of aliphatic hydroxyl groups excluding tert-OH is 1. The van der Waals surface area contributed by atoms with Gasteiger partial charge in [-0.15, -0.1) is 0 Å². The Kier molecular flexibility index (Phi) is 3.93. The number of rotatable bonds is 4. The lowest BCUT2D eigenvalue weighted by molar-refractivity contribution is 0.173. The Bertz CT molecular complexity index is 315. The monoisotopic (exact) mass is 220 g/mol. The molecule has 1 aromatic carbocycles. The predicted octanol–water partition coefficient (Wildman–Crippen LogP) is 1.01. The van der Waals surface area contributed by atoms with Crippen molar-refractivity contribution in [2.24, 2.45) is 0 Å². The van der Waals surface area contributed by atoms with Gasteiger partial charge in [0.2, 0.25) is 0 Å². The van der Waals surface area contributed by atoms with E-state index in [1.54, 1.807) is 0 Å². The highest BCUT2D eigenvalue weighted by molar-refractivity contribution is 5.19. The van der Waals surface area contributed by atoms with E-state index >= 15 is 0 Å². The minimum atomic E-state index is -0.131. The first-order valence-electron chi connectivity index (χ1n) is 5.92. The summed E-state index contributed by atoms with van der Waals surface area (Å²) in [4.78, 5) is 2.32. The zero-order valence-corrected chi connectivity index (χ0v) is 9.76. The van der Waals surface area contributed by atoms with E-state index in [4.69, 9.17) is 0 Å². The molecule has 2 rings (SSSR count). The summed E-state index contributed by atoms with van der Waals surface area (Å²) < 4.78 is 0. The van der Waals surface area contributed by atoms with E-state index in [0.29, 0.717) is 6.04 Å². The van der Waals surface area contributed by atoms with Gasteiger partial charge in [-0.3, -0.25) is 4.90 Å². The molecule has 1 aliphatic heterocycles. The van der Waals surface area contributed by atoms with Crippen molar-refractivity contribution >= 4 is 0 Å². The minimum absolute atomic E-state index is 0.131. The zero-order chi connectivity index (χ0) is 11.4. The number of likely N-dealkylation sites (tertiary alicyclic amines) is 1. The average molecular weight is 220 g/mol. The van der Waals surface area contributed by atoms with Gasteiger partial charge in [-0.2, -0.15) is 0 Å². The molecule has 0 aromatic heterocycles. The quantitative estimate of drug-likeness (QED) is 0.795. The molecule has 16 heavy (non-hydrogen) atoms. The Balaban J connectivity index is 1.96. The van der Waals surface area contributed by atoms with E-state index in [1.807, 2.05) is 13.1 Å². The SMILES string of the molecule is CNC(CN1CC[C@@H](O)C1)c1ccccc1. The first-order valence-corrected chi connectivity index (χ1v) is 5.92. The molecule has 0 radical (unpaired) electrons. The van der Waals surface area contributed by atoms with Crippen LogP contribution >= 0.6 is 0 Å². The summed E-state index contributed by atoms with van der Waals surface area (Å²) in [6, 6.07) is 10.8. The van der Waals surface area contributed by atoms with Gasteiger partial charge in [0.1, 0.15) is 0 Å². The molecule has 2 atom stereocenters. The van der Waals surface area contributed by atoms with Crippen molar-refractivity contribution < 1.29 is 5.11 Å². The van der Waals surface area contributed by atoms with Crippen molar-refractivity contribution in [3.8, 4) is 0 Å². The highest BCUT2D eigenvalue weighted by Gasteiger charge is 2.22. The second-order valence-electron chi connectivity index (χ2n) is 4.45. The fourth-order valence-electron chi connectivity index (χ4n) is 2.28. The van der Waals surface area contributed by atoms with Crippen molar-refractivity contribution in [1.82, 2.24) is 10.2 Å². The summed E-state index contributed by atoms with van der Waals surface area (Å²) in [6.45, 7) is 2.79. The molecular weight excluding hydrogens is 200 g/mol. The van der Waals surface area contributed by atoms with Crippen molar-refractivity contribution in [1.29, 1.82) is 0 Å². The Morgan fingerprint density at radius 3 is 2.75 bits per heavy atom. The lowest BCUT2D eigenvalue weighted by Gasteiger charge is -2.23. The zero-order valence-electron chi connectivity index (χ0n) is 9.76. The topological polar surface area (TPSA) is 35.5 Å². The molecule has 1 heterocycles. The van der Waals surface area contributed by atoms with Crippen LogP contribution in [-0.4, -0.2) is 42.8 Å². The van der Waals surface area contributed by atoms with Gasteiger partial charge in [0.25, 0.3) is 0 Å². The van der Waals surface area contributed by atoms with Crippen LogP contribution in [0.3, 0.4) is 0 Å². The Labute approximate surface area is 97.1 Å². The molecule has 0 amide bonds. The number of likely N-dealkylation sites (N-methyl/N-ethyl adjacent to an activating group) is 1. The number of nitrogens with zero attached hydrogens (tertiary/aromatic N) is 1. The van der Waals surface area contributed by atoms with Gasteiger partial charge in [-0.1, -0.05) is 30.3 Å². The average Bonchev–Trinajstić information content (AvgIpc) is 2.73. The fraction of sp³-hybridized carbons (Fsp3) is 0.538. The third kappa shape index (κ3) is 2.82. The van der Waals surface area contributed by atoms with Crippen LogP contribution in [0.4, 0.5) is 0 Å². The van der Waals surface area contributed by atoms with E-state index in [0.717, 1.165) is 26.1 Å². The molecule has 0 bridgehead atoms. The van der Waals surface area contributed by atoms with Crippen LogP contribution in [0.25, 0.3) is 0 Å². The van der Waals surface area contributed by atoms with E-state index in [9.17, 15) is 5.11 Å². The molecule has 0 spiro atoms. The van der Waals surface area contributed by atoms with Gasteiger partial charge in [0.05, 0.1) is 6.10 Å². The molecule has 0 aliphatic carbocycles. The van der Waals surface area contributed by atoms with Crippen LogP contribution in [-0.2, 0) is 0 Å². The molecule has 88 valence electrons. The summed E-state index contributed by atoms with van der Waals surface area (Å²) in [5, 5.41) is 12.8. The largest absolute Gasteiger partial charge is 0.392 e. The maximum atomic E-state index is 9.49.